The number of carbonyl (C=O) groups is 1. The molecule has 0 spiro atoms. The summed E-state index contributed by atoms with van der Waals surface area (Å²) in [6.45, 7) is 4.72. The van der Waals surface area contributed by atoms with Crippen LogP contribution >= 0.6 is 0 Å². The predicted molar refractivity (Wildman–Crippen MR) is 100 cm³/mol. The third kappa shape index (κ3) is 4.46. The SMILES string of the molecule is CC(C)(C)OC(=O)N(F)Cc1cccc(-c2cc(CO)cc3ccoc23)c1. The van der Waals surface area contributed by atoms with E-state index in [0.29, 0.717) is 11.1 Å². The summed E-state index contributed by atoms with van der Waals surface area (Å²) in [5.74, 6) is 0. The number of hydrogen-bond donors (Lipinski definition) is 1. The second-order valence-corrected chi connectivity index (χ2v) is 7.34. The maximum absolute atomic E-state index is 14.2. The van der Waals surface area contributed by atoms with Crippen LogP contribution in [0.3, 0.4) is 0 Å². The topological polar surface area (TPSA) is 62.9 Å². The van der Waals surface area contributed by atoms with Crippen molar-refractivity contribution in [3.8, 4) is 11.1 Å². The van der Waals surface area contributed by atoms with Gasteiger partial charge in [0, 0.05) is 10.9 Å². The summed E-state index contributed by atoms with van der Waals surface area (Å²) in [6.07, 6.45) is 0.564. The van der Waals surface area contributed by atoms with Gasteiger partial charge in [0.15, 0.2) is 0 Å². The molecule has 27 heavy (non-hydrogen) atoms. The molecule has 0 bridgehead atoms. The van der Waals surface area contributed by atoms with E-state index in [1.165, 1.54) is 0 Å². The fourth-order valence-corrected chi connectivity index (χ4v) is 2.82. The average Bonchev–Trinajstić information content (AvgIpc) is 3.08. The van der Waals surface area contributed by atoms with Crippen molar-refractivity contribution in [1.29, 1.82) is 0 Å². The van der Waals surface area contributed by atoms with E-state index in [-0.39, 0.29) is 18.3 Å². The Bertz CT molecular complexity index is 958. The van der Waals surface area contributed by atoms with Crippen molar-refractivity contribution in [3.63, 3.8) is 0 Å². The summed E-state index contributed by atoms with van der Waals surface area (Å²) in [4.78, 5) is 11.8. The molecule has 0 aliphatic rings. The number of furan rings is 1. The predicted octanol–water partition coefficient (Wildman–Crippen LogP) is 5.21. The molecular formula is C21H22FNO4. The van der Waals surface area contributed by atoms with Gasteiger partial charge in [0.1, 0.15) is 11.2 Å². The maximum atomic E-state index is 14.2. The molecule has 3 rings (SSSR count). The summed E-state index contributed by atoms with van der Waals surface area (Å²) >= 11 is 0. The van der Waals surface area contributed by atoms with Crippen LogP contribution in [-0.2, 0) is 17.9 Å². The molecule has 0 aliphatic heterocycles. The van der Waals surface area contributed by atoms with Crippen molar-refractivity contribution in [2.45, 2.75) is 39.5 Å². The lowest BCUT2D eigenvalue weighted by Crippen LogP contribution is -2.31. The Labute approximate surface area is 156 Å². The van der Waals surface area contributed by atoms with E-state index >= 15 is 0 Å². The van der Waals surface area contributed by atoms with Gasteiger partial charge in [-0.15, -0.1) is 5.12 Å². The zero-order valence-corrected chi connectivity index (χ0v) is 15.5. The summed E-state index contributed by atoms with van der Waals surface area (Å²) in [6, 6.07) is 12.7. The number of benzene rings is 2. The van der Waals surface area contributed by atoms with Crippen molar-refractivity contribution >= 4 is 17.1 Å². The third-order valence-electron chi connectivity index (χ3n) is 3.94. The Morgan fingerprint density at radius 1 is 1.19 bits per heavy atom. The monoisotopic (exact) mass is 371 g/mol. The Morgan fingerprint density at radius 2 is 1.96 bits per heavy atom. The van der Waals surface area contributed by atoms with Crippen LogP contribution in [0.2, 0.25) is 0 Å². The van der Waals surface area contributed by atoms with Crippen molar-refractivity contribution in [2.75, 3.05) is 0 Å². The smallest absolute Gasteiger partial charge is 0.438 e. The number of amides is 1. The van der Waals surface area contributed by atoms with Gasteiger partial charge in [0.25, 0.3) is 0 Å². The number of hydrogen-bond acceptors (Lipinski definition) is 4. The van der Waals surface area contributed by atoms with Crippen molar-refractivity contribution in [1.82, 2.24) is 5.12 Å². The molecule has 1 amide bonds. The van der Waals surface area contributed by atoms with Crippen molar-refractivity contribution < 1.29 is 23.5 Å². The summed E-state index contributed by atoms with van der Waals surface area (Å²) < 4.78 is 24.8. The Kier molecular flexibility index (Phi) is 5.19. The van der Waals surface area contributed by atoms with Gasteiger partial charge < -0.3 is 14.3 Å². The second kappa shape index (κ2) is 7.40. The zero-order chi connectivity index (χ0) is 19.6. The molecule has 1 aromatic heterocycles. The van der Waals surface area contributed by atoms with Gasteiger partial charge in [0.2, 0.25) is 0 Å². The van der Waals surface area contributed by atoms with E-state index in [4.69, 9.17) is 9.15 Å². The number of aliphatic hydroxyl groups excluding tert-OH is 1. The molecule has 0 radical (unpaired) electrons. The minimum Gasteiger partial charge on any atom is -0.464 e. The molecule has 5 nitrogen and oxygen atoms in total. The van der Waals surface area contributed by atoms with E-state index in [2.05, 4.69) is 0 Å². The van der Waals surface area contributed by atoms with E-state index < -0.39 is 11.7 Å². The van der Waals surface area contributed by atoms with Crippen LogP contribution in [0.4, 0.5) is 9.28 Å². The molecule has 0 saturated heterocycles. The van der Waals surface area contributed by atoms with Crippen molar-refractivity contribution in [2.24, 2.45) is 0 Å². The molecule has 0 fully saturated rings. The van der Waals surface area contributed by atoms with Crippen LogP contribution < -0.4 is 0 Å². The van der Waals surface area contributed by atoms with Gasteiger partial charge >= 0.3 is 6.09 Å². The number of ether oxygens (including phenoxy) is 1. The lowest BCUT2D eigenvalue weighted by atomic mass is 9.99. The normalized spacial score (nSPS) is 11.6. The van der Waals surface area contributed by atoms with E-state index in [9.17, 15) is 14.4 Å². The first-order valence-corrected chi connectivity index (χ1v) is 8.63. The quantitative estimate of drug-likeness (QED) is 0.639. The molecule has 3 aromatic rings. The molecule has 0 atom stereocenters. The lowest BCUT2D eigenvalue weighted by Gasteiger charge is -2.22. The number of fused-ring (bicyclic) bond motifs is 1. The van der Waals surface area contributed by atoms with Crippen LogP contribution in [0.25, 0.3) is 22.1 Å². The van der Waals surface area contributed by atoms with Gasteiger partial charge in [-0.05, 0) is 61.7 Å². The highest BCUT2D eigenvalue weighted by Gasteiger charge is 2.22. The van der Waals surface area contributed by atoms with Crippen LogP contribution in [0, 0.1) is 0 Å². The molecular weight excluding hydrogens is 349 g/mol. The summed E-state index contributed by atoms with van der Waals surface area (Å²) in [5.41, 5.74) is 2.89. The highest BCUT2D eigenvalue weighted by Crippen LogP contribution is 2.32. The molecule has 0 unspecified atom stereocenters. The molecule has 0 saturated carbocycles. The molecule has 142 valence electrons. The Hall–Kier alpha value is -2.86. The van der Waals surface area contributed by atoms with Gasteiger partial charge in [-0.2, -0.15) is 0 Å². The van der Waals surface area contributed by atoms with Crippen LogP contribution in [0.1, 0.15) is 31.9 Å². The first-order chi connectivity index (χ1) is 12.8. The second-order valence-electron chi connectivity index (χ2n) is 7.34. The Balaban J connectivity index is 1.88. The number of aliphatic hydroxyl groups is 1. The first kappa shape index (κ1) is 18.9. The lowest BCUT2D eigenvalue weighted by molar-refractivity contribution is -0.0350. The van der Waals surface area contributed by atoms with Gasteiger partial charge in [0.05, 0.1) is 19.4 Å². The van der Waals surface area contributed by atoms with Crippen molar-refractivity contribution in [3.05, 3.63) is 59.9 Å². The Morgan fingerprint density at radius 3 is 2.67 bits per heavy atom. The van der Waals surface area contributed by atoms with Crippen LogP contribution in [0.5, 0.6) is 0 Å². The largest absolute Gasteiger partial charge is 0.464 e. The number of carbonyl (C=O) groups excluding carboxylic acids is 1. The first-order valence-electron chi connectivity index (χ1n) is 8.63. The molecule has 1 N–H and O–H groups in total. The number of halogens is 1. The molecule has 0 aliphatic carbocycles. The third-order valence-corrected chi connectivity index (χ3v) is 3.94. The van der Waals surface area contributed by atoms with Gasteiger partial charge in [-0.25, -0.2) is 4.79 Å². The number of nitrogens with zero attached hydrogens (tertiary/aromatic N) is 1. The fraction of sp³-hybridized carbons (Fsp3) is 0.286. The zero-order valence-electron chi connectivity index (χ0n) is 15.5. The summed E-state index contributed by atoms with van der Waals surface area (Å²) in [7, 11) is 0. The minimum absolute atomic E-state index is 0.0526. The molecule has 1 heterocycles. The highest BCUT2D eigenvalue weighted by atomic mass is 19.2. The highest BCUT2D eigenvalue weighted by molar-refractivity contribution is 5.93. The van der Waals surface area contributed by atoms with Gasteiger partial charge in [-0.1, -0.05) is 22.7 Å². The number of rotatable bonds is 4. The van der Waals surface area contributed by atoms with E-state index in [1.807, 2.05) is 24.3 Å². The van der Waals surface area contributed by atoms with E-state index in [1.54, 1.807) is 45.2 Å². The minimum atomic E-state index is -1.02. The fourth-order valence-electron chi connectivity index (χ4n) is 2.82. The van der Waals surface area contributed by atoms with E-state index in [0.717, 1.165) is 22.1 Å². The molecule has 6 heteroatoms. The molecule has 2 aromatic carbocycles. The van der Waals surface area contributed by atoms with Crippen LogP contribution in [0.15, 0.2) is 53.1 Å². The van der Waals surface area contributed by atoms with Crippen LogP contribution in [-0.4, -0.2) is 21.9 Å². The standard InChI is InChI=1S/C21H22FNO4/c1-21(2,3)27-20(25)23(22)12-14-5-4-6-16(9-14)18-11-15(13-24)10-17-7-8-26-19(17)18/h4-11,24H,12-13H2,1-3H3. The maximum Gasteiger partial charge on any atom is 0.438 e. The summed E-state index contributed by atoms with van der Waals surface area (Å²) in [5, 5.41) is 10.4. The average molecular weight is 371 g/mol. The van der Waals surface area contributed by atoms with Gasteiger partial charge in [-0.3, -0.25) is 0 Å².